The van der Waals surface area contributed by atoms with Crippen LogP contribution in [0.25, 0.3) is 0 Å². The van der Waals surface area contributed by atoms with Crippen molar-refractivity contribution in [2.45, 2.75) is 66.0 Å². The molecule has 0 aliphatic rings. The maximum Gasteiger partial charge on any atom is 0.0613 e. The van der Waals surface area contributed by atoms with Crippen LogP contribution >= 0.6 is 0 Å². The van der Waals surface area contributed by atoms with Crippen molar-refractivity contribution in [2.24, 2.45) is 0 Å². The monoisotopic (exact) mass is 265 g/mol. The van der Waals surface area contributed by atoms with Gasteiger partial charge in [-0.3, -0.25) is 0 Å². The molecule has 0 aromatic rings. The molecule has 0 bridgehead atoms. The van der Waals surface area contributed by atoms with Crippen LogP contribution in [0.5, 0.6) is 0 Å². The Labute approximate surface area is 119 Å². The largest absolute Gasteiger partial charge is 0.390 e. The molecule has 0 heterocycles. The van der Waals surface area contributed by atoms with Crippen LogP contribution in [0, 0.1) is 0 Å². The molecular weight excluding hydrogens is 234 g/mol. The summed E-state index contributed by atoms with van der Waals surface area (Å²) in [6.45, 7) is 14.2. The van der Waals surface area contributed by atoms with Gasteiger partial charge in [-0.25, -0.2) is 0 Å². The third-order valence-electron chi connectivity index (χ3n) is 3.43. The summed E-state index contributed by atoms with van der Waals surface area (Å²) in [5.41, 5.74) is 1.64. The fourth-order valence-corrected chi connectivity index (χ4v) is 2.24. The second kappa shape index (κ2) is 6.95. The number of hydrogen-bond donors (Lipinski definition) is 1. The van der Waals surface area contributed by atoms with Crippen LogP contribution in [0.1, 0.15) is 54.9 Å². The van der Waals surface area contributed by atoms with Gasteiger partial charge in [-0.15, -0.1) is 0 Å². The van der Waals surface area contributed by atoms with Crippen molar-refractivity contribution in [3.05, 3.63) is 35.6 Å². The Hall–Kier alpha value is -1.02. The van der Waals surface area contributed by atoms with Gasteiger partial charge in [0.2, 0.25) is 0 Å². The van der Waals surface area contributed by atoms with Gasteiger partial charge in [0.25, 0.3) is 0 Å². The summed E-state index contributed by atoms with van der Waals surface area (Å²) >= 11 is 0. The molecule has 0 aliphatic carbocycles. The zero-order chi connectivity index (χ0) is 15.3. The first-order valence-electron chi connectivity index (χ1n) is 6.97. The quantitative estimate of drug-likeness (QED) is 0.724. The van der Waals surface area contributed by atoms with Crippen LogP contribution in [0.15, 0.2) is 35.6 Å². The first-order chi connectivity index (χ1) is 8.53. The van der Waals surface area contributed by atoms with Gasteiger partial charge in [-0.2, -0.15) is 0 Å². The molecule has 0 aliphatic heterocycles. The second-order valence-electron chi connectivity index (χ2n) is 6.44. The van der Waals surface area contributed by atoms with Crippen LogP contribution in [0.4, 0.5) is 0 Å². The lowest BCUT2D eigenvalue weighted by Gasteiger charge is -2.41. The summed E-state index contributed by atoms with van der Waals surface area (Å²) < 4.78 is 0. The Balaban J connectivity index is 5.05. The van der Waals surface area contributed by atoms with Gasteiger partial charge in [0.15, 0.2) is 0 Å². The predicted molar refractivity (Wildman–Crippen MR) is 85.1 cm³/mol. The number of aliphatic hydroxyl groups is 1. The van der Waals surface area contributed by atoms with E-state index in [0.29, 0.717) is 6.42 Å². The van der Waals surface area contributed by atoms with Crippen molar-refractivity contribution in [3.8, 4) is 0 Å². The van der Waals surface area contributed by atoms with E-state index in [1.54, 1.807) is 0 Å². The average Bonchev–Trinajstić information content (AvgIpc) is 2.25. The molecule has 0 aromatic carbocycles. The zero-order valence-corrected chi connectivity index (χ0v) is 13.9. The Kier molecular flexibility index (Phi) is 6.58. The summed E-state index contributed by atoms with van der Waals surface area (Å²) in [5, 5.41) is 10.0. The molecule has 0 saturated carbocycles. The smallest absolute Gasteiger partial charge is 0.0613 e. The van der Waals surface area contributed by atoms with Crippen LogP contribution in [0.3, 0.4) is 0 Å². The van der Waals surface area contributed by atoms with Crippen molar-refractivity contribution < 1.29 is 5.11 Å². The Morgan fingerprint density at radius 1 is 1.05 bits per heavy atom. The lowest BCUT2D eigenvalue weighted by molar-refractivity contribution is 0.0203. The molecule has 0 amide bonds. The van der Waals surface area contributed by atoms with Crippen molar-refractivity contribution in [1.29, 1.82) is 0 Å². The molecule has 0 fully saturated rings. The van der Waals surface area contributed by atoms with E-state index in [4.69, 9.17) is 0 Å². The molecule has 0 atom stereocenters. The zero-order valence-electron chi connectivity index (χ0n) is 13.9. The van der Waals surface area contributed by atoms with Crippen molar-refractivity contribution in [2.75, 3.05) is 7.05 Å². The highest BCUT2D eigenvalue weighted by atomic mass is 16.3. The summed E-state index contributed by atoms with van der Waals surface area (Å²) in [6, 6.07) is 0. The van der Waals surface area contributed by atoms with Gasteiger partial charge >= 0.3 is 0 Å². The van der Waals surface area contributed by atoms with E-state index in [1.165, 1.54) is 5.57 Å². The second-order valence-corrected chi connectivity index (χ2v) is 6.44. The highest BCUT2D eigenvalue weighted by Crippen LogP contribution is 2.28. The summed E-state index contributed by atoms with van der Waals surface area (Å²) in [7, 11) is 2.08. The summed E-state index contributed by atoms with van der Waals surface area (Å²) in [6.07, 6.45) is 9.15. The van der Waals surface area contributed by atoms with Crippen molar-refractivity contribution >= 4 is 0 Å². The average molecular weight is 265 g/mol. The maximum atomic E-state index is 10.0. The molecule has 0 spiro atoms. The number of likely N-dealkylation sites (N-methyl/N-ethyl adjacent to an activating group) is 1. The first-order valence-corrected chi connectivity index (χ1v) is 6.97. The first kappa shape index (κ1) is 18.0. The van der Waals surface area contributed by atoms with E-state index in [0.717, 1.165) is 5.70 Å². The Morgan fingerprint density at radius 3 is 1.95 bits per heavy atom. The topological polar surface area (TPSA) is 23.5 Å². The molecule has 0 rings (SSSR count). The number of rotatable bonds is 6. The maximum absolute atomic E-state index is 10.0. The molecule has 1 N–H and O–H groups in total. The number of hydrogen-bond acceptors (Lipinski definition) is 2. The molecule has 2 nitrogen and oxygen atoms in total. The number of nitrogens with zero attached hydrogens (tertiary/aromatic N) is 1. The lowest BCUT2D eigenvalue weighted by atomic mass is 9.88. The van der Waals surface area contributed by atoms with Crippen molar-refractivity contribution in [1.82, 2.24) is 4.90 Å². The highest BCUT2D eigenvalue weighted by molar-refractivity contribution is 5.26. The van der Waals surface area contributed by atoms with Gasteiger partial charge in [0.05, 0.1) is 5.60 Å². The fourth-order valence-electron chi connectivity index (χ4n) is 2.24. The minimum atomic E-state index is -0.667. The lowest BCUT2D eigenvalue weighted by Crippen LogP contribution is -2.45. The minimum absolute atomic E-state index is 0.103. The van der Waals surface area contributed by atoms with E-state index >= 15 is 0 Å². The van der Waals surface area contributed by atoms with Crippen LogP contribution in [0.2, 0.25) is 0 Å². The van der Waals surface area contributed by atoms with E-state index in [2.05, 4.69) is 57.0 Å². The van der Waals surface area contributed by atoms with E-state index in [1.807, 2.05) is 27.7 Å². The SMILES string of the molecule is C\C=C(C)/C=C\C(=C/C)N(C)C(C)(C)CC(C)(C)O. The Morgan fingerprint density at radius 2 is 1.58 bits per heavy atom. The molecule has 2 heteroatoms. The van der Waals surface area contributed by atoms with Gasteiger partial charge in [-0.05, 0) is 61.0 Å². The molecule has 0 saturated heterocycles. The van der Waals surface area contributed by atoms with E-state index in [-0.39, 0.29) is 5.54 Å². The van der Waals surface area contributed by atoms with Gasteiger partial charge < -0.3 is 10.0 Å². The molecule has 0 radical (unpaired) electrons. The summed E-state index contributed by atoms with van der Waals surface area (Å²) in [4.78, 5) is 2.23. The van der Waals surface area contributed by atoms with Crippen LogP contribution in [-0.4, -0.2) is 28.2 Å². The van der Waals surface area contributed by atoms with Gasteiger partial charge in [-0.1, -0.05) is 23.8 Å². The molecular formula is C17H31NO. The van der Waals surface area contributed by atoms with Gasteiger partial charge in [0.1, 0.15) is 0 Å². The third kappa shape index (κ3) is 6.63. The normalized spacial score (nSPS) is 15.2. The molecule has 0 aromatic heterocycles. The molecule has 0 unspecified atom stereocenters. The van der Waals surface area contributed by atoms with E-state index in [9.17, 15) is 5.11 Å². The minimum Gasteiger partial charge on any atom is -0.390 e. The standard InChI is InChI=1S/C17H31NO/c1-9-14(3)11-12-15(10-2)18(8)16(4,5)13-17(6,7)19/h9-12,19H,13H2,1-8H3/b12-11-,14-9-,15-10+. The molecule has 110 valence electrons. The fraction of sp³-hybridized carbons (Fsp3) is 0.647. The summed E-state index contributed by atoms with van der Waals surface area (Å²) in [5.74, 6) is 0. The van der Waals surface area contributed by atoms with E-state index < -0.39 is 5.60 Å². The third-order valence-corrected chi connectivity index (χ3v) is 3.43. The van der Waals surface area contributed by atoms with Crippen molar-refractivity contribution in [3.63, 3.8) is 0 Å². The highest BCUT2D eigenvalue weighted by Gasteiger charge is 2.30. The number of allylic oxidation sites excluding steroid dienone is 5. The molecule has 19 heavy (non-hydrogen) atoms. The van der Waals surface area contributed by atoms with Crippen LogP contribution < -0.4 is 0 Å². The predicted octanol–water partition coefficient (Wildman–Crippen LogP) is 4.28. The Bertz CT molecular complexity index is 367. The van der Waals surface area contributed by atoms with Crippen LogP contribution in [-0.2, 0) is 0 Å². The van der Waals surface area contributed by atoms with Gasteiger partial charge in [0, 0.05) is 18.3 Å².